The standard InChI is InChI=1S/C14H19N3O2S/c1-6-5-8(6)17-14-9(13(19)16-2)10(15)12(20-14)11(18)7-3-4-7/h6-8,17H,3-5,15H2,1-2H3,(H,16,19). The highest BCUT2D eigenvalue weighted by atomic mass is 32.1. The fourth-order valence-corrected chi connectivity index (χ4v) is 3.50. The van der Waals surface area contributed by atoms with Gasteiger partial charge in [-0.25, -0.2) is 0 Å². The van der Waals surface area contributed by atoms with Gasteiger partial charge in [0.2, 0.25) is 0 Å². The van der Waals surface area contributed by atoms with Gasteiger partial charge in [-0.1, -0.05) is 6.92 Å². The molecule has 20 heavy (non-hydrogen) atoms. The Bertz CT molecular complexity index is 577. The minimum Gasteiger partial charge on any atom is -0.397 e. The van der Waals surface area contributed by atoms with Crippen LogP contribution in [0.1, 0.15) is 46.2 Å². The van der Waals surface area contributed by atoms with Crippen LogP contribution < -0.4 is 16.4 Å². The summed E-state index contributed by atoms with van der Waals surface area (Å²) in [6.45, 7) is 2.16. The second kappa shape index (κ2) is 4.77. The van der Waals surface area contributed by atoms with E-state index >= 15 is 0 Å². The largest absolute Gasteiger partial charge is 0.397 e. The van der Waals surface area contributed by atoms with Crippen molar-refractivity contribution < 1.29 is 9.59 Å². The van der Waals surface area contributed by atoms with Crippen LogP contribution in [0.4, 0.5) is 10.7 Å². The number of rotatable bonds is 5. The molecule has 1 amide bonds. The third-order valence-corrected chi connectivity index (χ3v) is 5.15. The summed E-state index contributed by atoms with van der Waals surface area (Å²) in [5.74, 6) is 0.582. The molecule has 3 rings (SSSR count). The number of ketones is 1. The van der Waals surface area contributed by atoms with Crippen LogP contribution in [0.5, 0.6) is 0 Å². The van der Waals surface area contributed by atoms with Crippen molar-refractivity contribution in [3.8, 4) is 0 Å². The number of Topliss-reactive ketones (excluding diaryl/α,β-unsaturated/α-hetero) is 1. The van der Waals surface area contributed by atoms with Gasteiger partial charge in [0.05, 0.1) is 16.1 Å². The summed E-state index contributed by atoms with van der Waals surface area (Å²) in [6, 6.07) is 0.389. The molecule has 4 N–H and O–H groups in total. The highest BCUT2D eigenvalue weighted by Gasteiger charge is 2.37. The molecule has 108 valence electrons. The molecule has 6 heteroatoms. The molecule has 0 aliphatic heterocycles. The molecule has 1 aromatic heterocycles. The normalized spacial score (nSPS) is 24.3. The molecule has 2 atom stereocenters. The summed E-state index contributed by atoms with van der Waals surface area (Å²) < 4.78 is 0. The van der Waals surface area contributed by atoms with Crippen molar-refractivity contribution >= 4 is 33.7 Å². The highest BCUT2D eigenvalue weighted by Crippen LogP contribution is 2.44. The van der Waals surface area contributed by atoms with Gasteiger partial charge in [0.15, 0.2) is 5.78 Å². The molecule has 1 aromatic rings. The van der Waals surface area contributed by atoms with Gasteiger partial charge in [-0.15, -0.1) is 11.3 Å². The molecule has 2 fully saturated rings. The predicted octanol–water partition coefficient (Wildman–Crippen LogP) is 2.10. The summed E-state index contributed by atoms with van der Waals surface area (Å²) in [4.78, 5) is 24.8. The van der Waals surface area contributed by atoms with Crippen LogP contribution in [0.2, 0.25) is 0 Å². The van der Waals surface area contributed by atoms with E-state index in [0.717, 1.165) is 24.3 Å². The minimum absolute atomic E-state index is 0.0922. The van der Waals surface area contributed by atoms with Crippen molar-refractivity contribution in [2.45, 2.75) is 32.2 Å². The minimum atomic E-state index is -0.232. The Kier molecular flexibility index (Phi) is 3.20. The first-order valence-electron chi connectivity index (χ1n) is 6.98. The van der Waals surface area contributed by atoms with Gasteiger partial charge in [-0.05, 0) is 25.2 Å². The molecule has 0 spiro atoms. The van der Waals surface area contributed by atoms with Gasteiger partial charge in [0.1, 0.15) is 5.00 Å². The van der Waals surface area contributed by atoms with Crippen molar-refractivity contribution in [3.05, 3.63) is 10.4 Å². The predicted molar refractivity (Wildman–Crippen MR) is 80.4 cm³/mol. The zero-order valence-corrected chi connectivity index (χ0v) is 12.5. The van der Waals surface area contributed by atoms with Crippen LogP contribution in [-0.2, 0) is 0 Å². The second-order valence-electron chi connectivity index (χ2n) is 5.73. The van der Waals surface area contributed by atoms with E-state index in [9.17, 15) is 9.59 Å². The van der Waals surface area contributed by atoms with Crippen molar-refractivity contribution in [3.63, 3.8) is 0 Å². The maximum Gasteiger partial charge on any atom is 0.256 e. The Hall–Kier alpha value is -1.56. The van der Waals surface area contributed by atoms with Crippen LogP contribution in [0.25, 0.3) is 0 Å². The van der Waals surface area contributed by atoms with Crippen LogP contribution in [0.15, 0.2) is 0 Å². The Morgan fingerprint density at radius 1 is 1.35 bits per heavy atom. The summed E-state index contributed by atoms with van der Waals surface area (Å²) in [7, 11) is 1.57. The molecular weight excluding hydrogens is 274 g/mol. The number of hydrogen-bond donors (Lipinski definition) is 3. The molecule has 0 saturated heterocycles. The smallest absolute Gasteiger partial charge is 0.256 e. The van der Waals surface area contributed by atoms with Crippen LogP contribution >= 0.6 is 11.3 Å². The van der Waals surface area contributed by atoms with Gasteiger partial charge < -0.3 is 16.4 Å². The monoisotopic (exact) mass is 293 g/mol. The number of carbonyl (C=O) groups excluding carboxylic acids is 2. The van der Waals surface area contributed by atoms with Crippen molar-refractivity contribution in [2.24, 2.45) is 11.8 Å². The van der Waals surface area contributed by atoms with Crippen molar-refractivity contribution in [1.82, 2.24) is 5.32 Å². The lowest BCUT2D eigenvalue weighted by Crippen LogP contribution is -2.20. The quantitative estimate of drug-likeness (QED) is 0.726. The van der Waals surface area contributed by atoms with E-state index in [4.69, 9.17) is 5.73 Å². The third-order valence-electron chi connectivity index (χ3n) is 4.00. The highest BCUT2D eigenvalue weighted by molar-refractivity contribution is 7.19. The Balaban J connectivity index is 1.95. The summed E-state index contributed by atoms with van der Waals surface area (Å²) >= 11 is 1.33. The van der Waals surface area contributed by atoms with Gasteiger partial charge >= 0.3 is 0 Å². The van der Waals surface area contributed by atoms with E-state index in [1.165, 1.54) is 11.3 Å². The molecule has 5 nitrogen and oxygen atoms in total. The molecule has 2 saturated carbocycles. The third kappa shape index (κ3) is 2.28. The second-order valence-corrected chi connectivity index (χ2v) is 6.75. The first kappa shape index (κ1) is 13.4. The van der Waals surface area contributed by atoms with E-state index < -0.39 is 0 Å². The molecule has 2 aliphatic carbocycles. The van der Waals surface area contributed by atoms with E-state index in [1.54, 1.807) is 7.05 Å². The lowest BCUT2D eigenvalue weighted by atomic mass is 10.1. The first-order valence-corrected chi connectivity index (χ1v) is 7.79. The van der Waals surface area contributed by atoms with E-state index in [2.05, 4.69) is 17.6 Å². The number of anilines is 2. The summed E-state index contributed by atoms with van der Waals surface area (Å²) in [6.07, 6.45) is 2.97. The van der Waals surface area contributed by atoms with E-state index in [1.807, 2.05) is 0 Å². The number of nitrogens with one attached hydrogen (secondary N) is 2. The lowest BCUT2D eigenvalue weighted by molar-refractivity contribution is 0.0964. The average molecular weight is 293 g/mol. The Labute approximate surface area is 121 Å². The molecule has 1 heterocycles. The fourth-order valence-electron chi connectivity index (χ4n) is 2.30. The maximum absolute atomic E-state index is 12.2. The van der Waals surface area contributed by atoms with Crippen LogP contribution in [-0.4, -0.2) is 24.8 Å². The Morgan fingerprint density at radius 3 is 2.50 bits per heavy atom. The zero-order valence-electron chi connectivity index (χ0n) is 11.7. The number of nitrogens with two attached hydrogens (primary N) is 1. The van der Waals surface area contributed by atoms with E-state index in [0.29, 0.717) is 28.1 Å². The first-order chi connectivity index (χ1) is 9.52. The van der Waals surface area contributed by atoms with Crippen LogP contribution in [0, 0.1) is 11.8 Å². The molecule has 2 unspecified atom stereocenters. The van der Waals surface area contributed by atoms with Gasteiger partial charge in [0.25, 0.3) is 5.91 Å². The maximum atomic E-state index is 12.2. The fraction of sp³-hybridized carbons (Fsp3) is 0.571. The van der Waals surface area contributed by atoms with Gasteiger partial charge in [-0.3, -0.25) is 9.59 Å². The lowest BCUT2D eigenvalue weighted by Gasteiger charge is -2.06. The SMILES string of the molecule is CNC(=O)c1c(NC2CC2C)sc(C(=O)C2CC2)c1N. The van der Waals surface area contributed by atoms with Crippen molar-refractivity contribution in [1.29, 1.82) is 0 Å². The number of thiophene rings is 1. The van der Waals surface area contributed by atoms with Crippen LogP contribution in [0.3, 0.4) is 0 Å². The van der Waals surface area contributed by atoms with Gasteiger partial charge in [0, 0.05) is 19.0 Å². The molecule has 0 radical (unpaired) electrons. The number of hydrogen-bond acceptors (Lipinski definition) is 5. The molecule has 0 bridgehead atoms. The molecule has 0 aromatic carbocycles. The average Bonchev–Trinajstić information content (AvgIpc) is 3.32. The number of carbonyl (C=O) groups is 2. The number of nitrogen functional groups attached to an aromatic ring is 1. The van der Waals surface area contributed by atoms with E-state index in [-0.39, 0.29) is 17.6 Å². The molecular formula is C14H19N3O2S. The number of amides is 1. The summed E-state index contributed by atoms with van der Waals surface area (Å²) in [5, 5.41) is 6.69. The Morgan fingerprint density at radius 2 is 2.00 bits per heavy atom. The topological polar surface area (TPSA) is 84.2 Å². The van der Waals surface area contributed by atoms with Gasteiger partial charge in [-0.2, -0.15) is 0 Å². The van der Waals surface area contributed by atoms with Crippen molar-refractivity contribution in [2.75, 3.05) is 18.1 Å². The summed E-state index contributed by atoms with van der Waals surface area (Å²) in [5.41, 5.74) is 6.83. The zero-order chi connectivity index (χ0) is 14.4. The molecule has 2 aliphatic rings.